The number of aromatic nitrogens is 1. The Hall–Kier alpha value is -8.90. The average Bonchev–Trinajstić information content (AvgIpc) is 4.23. The van der Waals surface area contributed by atoms with Crippen LogP contribution in [0.3, 0.4) is 0 Å². The number of oxime groups is 1. The van der Waals surface area contributed by atoms with E-state index in [0.29, 0.717) is 33.3 Å². The lowest BCUT2D eigenvalue weighted by molar-refractivity contribution is -0.162. The van der Waals surface area contributed by atoms with Crippen LogP contribution in [-0.4, -0.2) is 99.4 Å². The number of ether oxygens (including phenoxy) is 2. The third-order valence-electron chi connectivity index (χ3n) is 12.3. The predicted octanol–water partition coefficient (Wildman–Crippen LogP) is 7.48. The zero-order valence-electron chi connectivity index (χ0n) is 40.4. The Bertz CT molecular complexity index is 3340. The van der Waals surface area contributed by atoms with Gasteiger partial charge in [-0.3, -0.25) is 14.5 Å². The number of carbonyl (C=O) groups is 5. The van der Waals surface area contributed by atoms with Gasteiger partial charge in [0.15, 0.2) is 40.4 Å². The van der Waals surface area contributed by atoms with Crippen molar-refractivity contribution in [1.29, 1.82) is 0 Å². The number of nitrogens with two attached hydrogens (primary N) is 1. The molecule has 7 N–H and O–H groups in total. The number of esters is 1. The van der Waals surface area contributed by atoms with E-state index in [4.69, 9.17) is 20.0 Å². The first-order valence-electron chi connectivity index (χ1n) is 23.6. The van der Waals surface area contributed by atoms with E-state index in [1.165, 1.54) is 46.2 Å². The zero-order valence-corrected chi connectivity index (χ0v) is 42.9. The number of thioether (sulfide) groups is 2. The minimum absolute atomic E-state index is 0.00749. The number of hydrogen-bond donors (Lipinski definition) is 6. The van der Waals surface area contributed by atoms with Crippen molar-refractivity contribution >= 4 is 81.3 Å². The number of amides is 3. The molecule has 1 saturated heterocycles. The molecule has 0 radical (unpaired) electrons. The van der Waals surface area contributed by atoms with Crippen molar-refractivity contribution in [2.75, 3.05) is 17.2 Å². The number of hydrazine groups is 2. The first-order chi connectivity index (χ1) is 37.3. The number of phenolic OH excluding ortho intramolecular Hbond substituents is 2. The normalized spacial score (nSPS) is 17.4. The number of rotatable bonds is 17. The van der Waals surface area contributed by atoms with Crippen molar-refractivity contribution in [3.8, 4) is 11.5 Å². The Morgan fingerprint density at radius 1 is 0.844 bits per heavy atom. The number of carbonyl (C=O) groups excluding carboxylic acids is 4. The van der Waals surface area contributed by atoms with E-state index in [1.807, 2.05) is 72.8 Å². The quantitative estimate of drug-likeness (QED) is 0.0170. The van der Waals surface area contributed by atoms with Gasteiger partial charge in [0.05, 0.1) is 11.2 Å². The number of thiazole rings is 1. The molecule has 1 aromatic heterocycles. The summed E-state index contributed by atoms with van der Waals surface area (Å²) in [5, 5.41) is 41.9. The highest BCUT2D eigenvalue weighted by Gasteiger charge is 2.54. The molecule has 20 nitrogen and oxygen atoms in total. The van der Waals surface area contributed by atoms with Gasteiger partial charge in [0.1, 0.15) is 22.8 Å². The maximum atomic E-state index is 14.3. The number of aliphatic imine (C=N–C) groups is 1. The van der Waals surface area contributed by atoms with Crippen LogP contribution in [0.2, 0.25) is 0 Å². The van der Waals surface area contributed by atoms with E-state index in [9.17, 15) is 39.3 Å². The van der Waals surface area contributed by atoms with Crippen LogP contribution in [-0.2, 0) is 33.5 Å². The maximum absolute atomic E-state index is 14.3. The number of aliphatic carboxylic acids is 1. The van der Waals surface area contributed by atoms with Gasteiger partial charge in [-0.05, 0) is 53.0 Å². The molecular formula is C54H45N9O11S3. The number of β-lactam (4-membered cyclic amide) rings is 1. The fourth-order valence-corrected chi connectivity index (χ4v) is 11.7. The largest absolute Gasteiger partial charge is 0.504 e. The number of nitrogens with zero attached hydrogens (tertiary/aromatic N) is 6. The number of anilines is 1. The predicted molar refractivity (Wildman–Crippen MR) is 287 cm³/mol. The highest BCUT2D eigenvalue weighted by atomic mass is 32.2. The first-order valence-corrected chi connectivity index (χ1v) is 26.5. The SMILES string of the molecule is CC1=NC2=CN(C(=O)OC(c3ccccc3)c3ccccc3)NN2C(SCC2=C(C(=O)O)N3C(=O)[C@@H](NC(=O)C(=NOC(C(=O)OC(c4ccccc4)c4ccccc4)c4ccc(O)c(O)c4)c4csc(N)n4)[C@H]3SC2)=C1. The summed E-state index contributed by atoms with van der Waals surface area (Å²) in [4.78, 5) is 85.1. The molecule has 1 fully saturated rings. The summed E-state index contributed by atoms with van der Waals surface area (Å²) in [5.74, 6) is -4.44. The number of benzene rings is 5. The van der Waals surface area contributed by atoms with Crippen molar-refractivity contribution < 1.29 is 53.6 Å². The van der Waals surface area contributed by atoms with Gasteiger partial charge in [-0.1, -0.05) is 133 Å². The molecular weight excluding hydrogens is 1050 g/mol. The van der Waals surface area contributed by atoms with Gasteiger partial charge in [0.25, 0.3) is 11.8 Å². The summed E-state index contributed by atoms with van der Waals surface area (Å²) in [6.07, 6.45) is -0.837. The first kappa shape index (κ1) is 51.6. The van der Waals surface area contributed by atoms with Crippen molar-refractivity contribution in [3.05, 3.63) is 213 Å². The standard InChI is InChI=1S/C54H45N9O11S3/c1-30-24-41(63-40(56-30)26-61(60-63)54(71)73-46(33-18-10-4-11-19-33)34-20-12-5-13-21-34)75-27-36-28-76-50-43(49(67)62(50)44(36)51(68)69)58-48(66)42(37-29-77-53(55)57-37)59-74-47(35-22-23-38(64)39(65)25-35)52(70)72-45(31-14-6-2-7-15-31)32-16-8-3-9-17-32/h2-26,29,43,45-47,50,60,64-65H,27-28H2,1H3,(H2,55,57)(H,58,66)(H,68,69)/t43-,47?,50-/m1/s1. The van der Waals surface area contributed by atoms with E-state index in [1.54, 1.807) is 66.5 Å². The average molecular weight is 1090 g/mol. The molecule has 23 heteroatoms. The molecule has 0 saturated carbocycles. The molecule has 3 atom stereocenters. The zero-order chi connectivity index (χ0) is 53.7. The lowest BCUT2D eigenvalue weighted by Gasteiger charge is -2.49. The summed E-state index contributed by atoms with van der Waals surface area (Å²) in [5.41, 5.74) is 12.0. The molecule has 5 heterocycles. The van der Waals surface area contributed by atoms with Crippen LogP contribution >= 0.6 is 34.9 Å². The molecule has 3 amide bonds. The van der Waals surface area contributed by atoms with Crippen LogP contribution in [0.25, 0.3) is 0 Å². The number of nitrogen functional groups attached to an aromatic ring is 1. The second-order valence-corrected chi connectivity index (χ2v) is 20.4. The molecule has 10 rings (SSSR count). The molecule has 4 aliphatic heterocycles. The maximum Gasteiger partial charge on any atom is 0.431 e. The molecule has 6 aromatic rings. The number of nitrogens with one attached hydrogen (secondary N) is 2. The lowest BCUT2D eigenvalue weighted by atomic mass is 10.0. The lowest BCUT2D eigenvalue weighted by Crippen LogP contribution is -2.71. The molecule has 0 aliphatic carbocycles. The summed E-state index contributed by atoms with van der Waals surface area (Å²) in [7, 11) is 0. The molecule has 1 unspecified atom stereocenters. The minimum atomic E-state index is -1.75. The Labute approximate surface area is 451 Å². The molecule has 4 aliphatic rings. The second-order valence-electron chi connectivity index (χ2n) is 17.4. The monoisotopic (exact) mass is 1090 g/mol. The van der Waals surface area contributed by atoms with Crippen LogP contribution in [0.1, 0.15) is 58.7 Å². The number of carboxylic acid groups (broad SMARTS) is 1. The summed E-state index contributed by atoms with van der Waals surface area (Å²) < 4.78 is 12.1. The molecule has 390 valence electrons. The number of hydrogen-bond acceptors (Lipinski definition) is 19. The van der Waals surface area contributed by atoms with Gasteiger partial charge < -0.3 is 40.7 Å². The number of aromatic hydroxyl groups is 2. The van der Waals surface area contributed by atoms with E-state index in [-0.39, 0.29) is 33.6 Å². The van der Waals surface area contributed by atoms with Gasteiger partial charge in [-0.2, -0.15) is 5.01 Å². The van der Waals surface area contributed by atoms with Crippen LogP contribution in [0, 0.1) is 0 Å². The van der Waals surface area contributed by atoms with Gasteiger partial charge in [-0.15, -0.1) is 40.4 Å². The second kappa shape index (κ2) is 22.5. The number of fused-ring (bicyclic) bond motifs is 2. The van der Waals surface area contributed by atoms with E-state index >= 15 is 0 Å². The van der Waals surface area contributed by atoms with Crippen LogP contribution in [0.4, 0.5) is 9.93 Å². The van der Waals surface area contributed by atoms with E-state index < -0.39 is 76.8 Å². The number of allylic oxidation sites excluding steroid dienone is 1. The van der Waals surface area contributed by atoms with Crippen molar-refractivity contribution in [2.45, 2.75) is 36.7 Å². The molecule has 0 spiro atoms. The minimum Gasteiger partial charge on any atom is -0.504 e. The van der Waals surface area contributed by atoms with Gasteiger partial charge in [0, 0.05) is 28.2 Å². The highest BCUT2D eigenvalue weighted by Crippen LogP contribution is 2.43. The Morgan fingerprint density at radius 3 is 2.00 bits per heavy atom. The fraction of sp³-hybridized carbons (Fsp3) is 0.148. The third kappa shape index (κ3) is 11.1. The molecule has 5 aromatic carbocycles. The topological polar surface area (TPSA) is 271 Å². The number of phenols is 2. The van der Waals surface area contributed by atoms with Crippen molar-refractivity contribution in [2.24, 2.45) is 10.1 Å². The van der Waals surface area contributed by atoms with Crippen molar-refractivity contribution in [3.63, 3.8) is 0 Å². The van der Waals surface area contributed by atoms with Crippen LogP contribution in [0.5, 0.6) is 11.5 Å². The van der Waals surface area contributed by atoms with Crippen LogP contribution in [0.15, 0.2) is 189 Å². The van der Waals surface area contributed by atoms with E-state index in [2.05, 4.69) is 26.0 Å². The Morgan fingerprint density at radius 2 is 1.44 bits per heavy atom. The Balaban J connectivity index is 0.841. The highest BCUT2D eigenvalue weighted by molar-refractivity contribution is 8.03. The Kier molecular flexibility index (Phi) is 15.1. The summed E-state index contributed by atoms with van der Waals surface area (Å²) >= 11 is 3.47. The fourth-order valence-electron chi connectivity index (χ4n) is 8.58. The summed E-state index contributed by atoms with van der Waals surface area (Å²) in [6, 6.07) is 38.8. The van der Waals surface area contributed by atoms with Gasteiger partial charge in [0.2, 0.25) is 6.10 Å². The van der Waals surface area contributed by atoms with E-state index in [0.717, 1.165) is 39.5 Å². The third-order valence-corrected chi connectivity index (χ3v) is 15.4. The number of carboxylic acids is 1. The molecule has 77 heavy (non-hydrogen) atoms. The van der Waals surface area contributed by atoms with Crippen LogP contribution < -0.4 is 16.6 Å². The van der Waals surface area contributed by atoms with Crippen molar-refractivity contribution in [1.82, 2.24) is 30.8 Å². The molecule has 0 bridgehead atoms. The smallest absolute Gasteiger partial charge is 0.431 e. The summed E-state index contributed by atoms with van der Waals surface area (Å²) in [6.45, 7) is 1.78. The van der Waals surface area contributed by atoms with Gasteiger partial charge in [-0.25, -0.2) is 29.4 Å². The van der Waals surface area contributed by atoms with Gasteiger partial charge >= 0.3 is 18.0 Å².